The third-order valence-corrected chi connectivity index (χ3v) is 2.72. The van der Waals surface area contributed by atoms with Crippen LogP contribution in [0, 0.1) is 5.92 Å². The first-order chi connectivity index (χ1) is 7.54. The first kappa shape index (κ1) is 13.0. The zero-order valence-corrected chi connectivity index (χ0v) is 10.0. The zero-order valence-electron chi connectivity index (χ0n) is 10.0. The predicted octanol–water partition coefficient (Wildman–Crippen LogP) is -0.292. The lowest BCUT2D eigenvalue weighted by atomic mass is 10.1. The van der Waals surface area contributed by atoms with Crippen LogP contribution in [0.3, 0.4) is 0 Å². The van der Waals surface area contributed by atoms with Crippen molar-refractivity contribution in [3.8, 4) is 0 Å². The molecule has 0 heterocycles. The third kappa shape index (κ3) is 4.18. The molecule has 0 aromatic carbocycles. The van der Waals surface area contributed by atoms with Gasteiger partial charge in [-0.25, -0.2) is 0 Å². The molecule has 2 amide bonds. The number of nitrogens with two attached hydrogens (primary N) is 1. The van der Waals surface area contributed by atoms with Crippen LogP contribution < -0.4 is 11.1 Å². The van der Waals surface area contributed by atoms with Gasteiger partial charge in [0.05, 0.1) is 6.54 Å². The maximum atomic E-state index is 11.8. The van der Waals surface area contributed by atoms with Gasteiger partial charge >= 0.3 is 0 Å². The molecule has 3 N–H and O–H groups in total. The van der Waals surface area contributed by atoms with Crippen molar-refractivity contribution in [1.29, 1.82) is 0 Å². The van der Waals surface area contributed by atoms with Gasteiger partial charge in [0.2, 0.25) is 11.8 Å². The van der Waals surface area contributed by atoms with Crippen molar-refractivity contribution in [1.82, 2.24) is 10.2 Å². The lowest BCUT2D eigenvalue weighted by Gasteiger charge is -2.20. The third-order valence-electron chi connectivity index (χ3n) is 2.72. The van der Waals surface area contributed by atoms with Gasteiger partial charge in [0, 0.05) is 19.0 Å². The van der Waals surface area contributed by atoms with Crippen LogP contribution in [0.4, 0.5) is 0 Å². The van der Waals surface area contributed by atoms with Crippen molar-refractivity contribution < 1.29 is 9.59 Å². The quantitative estimate of drug-likeness (QED) is 0.654. The highest BCUT2D eigenvalue weighted by molar-refractivity contribution is 5.85. The summed E-state index contributed by atoms with van der Waals surface area (Å²) in [6.45, 7) is 2.48. The van der Waals surface area contributed by atoms with Crippen molar-refractivity contribution in [2.24, 2.45) is 11.7 Å². The first-order valence-electron chi connectivity index (χ1n) is 5.79. The van der Waals surface area contributed by atoms with Crippen molar-refractivity contribution in [2.75, 3.05) is 20.1 Å². The molecule has 0 spiro atoms. The highest BCUT2D eigenvalue weighted by Crippen LogP contribution is 2.18. The Hall–Kier alpha value is -1.10. The van der Waals surface area contributed by atoms with Gasteiger partial charge in [-0.05, 0) is 25.8 Å². The van der Waals surface area contributed by atoms with Crippen LogP contribution in [0.1, 0.15) is 26.2 Å². The second kappa shape index (κ2) is 5.84. The van der Waals surface area contributed by atoms with Crippen LogP contribution in [0.5, 0.6) is 0 Å². The van der Waals surface area contributed by atoms with E-state index in [1.54, 1.807) is 7.05 Å². The Morgan fingerprint density at radius 2 is 2.12 bits per heavy atom. The van der Waals surface area contributed by atoms with Crippen LogP contribution in [0.25, 0.3) is 0 Å². The van der Waals surface area contributed by atoms with Gasteiger partial charge in [0.1, 0.15) is 0 Å². The fourth-order valence-corrected chi connectivity index (χ4v) is 1.54. The molecule has 1 unspecified atom stereocenters. The molecule has 0 aromatic rings. The van der Waals surface area contributed by atoms with E-state index in [9.17, 15) is 9.59 Å². The van der Waals surface area contributed by atoms with Crippen molar-refractivity contribution in [3.63, 3.8) is 0 Å². The van der Waals surface area contributed by atoms with Crippen LogP contribution >= 0.6 is 0 Å². The number of rotatable bonds is 6. The molecule has 0 saturated heterocycles. The van der Waals surface area contributed by atoms with Gasteiger partial charge in [-0.15, -0.1) is 0 Å². The molecule has 16 heavy (non-hydrogen) atoms. The summed E-state index contributed by atoms with van der Waals surface area (Å²) in [6, 6.07) is 0.345. The van der Waals surface area contributed by atoms with Gasteiger partial charge < -0.3 is 16.0 Å². The number of hydrogen-bond acceptors (Lipinski definition) is 3. The minimum absolute atomic E-state index is 0.0172. The van der Waals surface area contributed by atoms with Crippen molar-refractivity contribution >= 4 is 11.8 Å². The summed E-state index contributed by atoms with van der Waals surface area (Å²) in [4.78, 5) is 24.7. The first-order valence-corrected chi connectivity index (χ1v) is 5.79. The summed E-state index contributed by atoms with van der Waals surface area (Å²) in [5, 5.41) is 2.85. The summed E-state index contributed by atoms with van der Waals surface area (Å²) >= 11 is 0. The lowest BCUT2D eigenvalue weighted by molar-refractivity contribution is -0.137. The van der Waals surface area contributed by atoms with Gasteiger partial charge in [-0.3, -0.25) is 9.59 Å². The number of nitrogens with one attached hydrogen (secondary N) is 1. The Morgan fingerprint density at radius 3 is 2.62 bits per heavy atom. The molecule has 1 aliphatic rings. The van der Waals surface area contributed by atoms with E-state index in [1.165, 1.54) is 4.90 Å². The number of amides is 2. The van der Waals surface area contributed by atoms with Gasteiger partial charge in [-0.2, -0.15) is 0 Å². The molecule has 1 fully saturated rings. The van der Waals surface area contributed by atoms with Crippen molar-refractivity contribution in [2.45, 2.75) is 32.2 Å². The minimum Gasteiger partial charge on any atom is -0.352 e. The van der Waals surface area contributed by atoms with Gasteiger partial charge in [-0.1, -0.05) is 6.92 Å². The molecule has 5 nitrogen and oxygen atoms in total. The molecule has 1 aliphatic carbocycles. The summed E-state index contributed by atoms with van der Waals surface area (Å²) in [5.41, 5.74) is 5.39. The SMILES string of the molecule is CC(CCN)C(=O)N(C)CC(=O)NC1CC1. The average molecular weight is 227 g/mol. The number of likely N-dealkylation sites (N-methyl/N-ethyl adjacent to an activating group) is 1. The molecule has 1 rings (SSSR count). The molecular weight excluding hydrogens is 206 g/mol. The maximum absolute atomic E-state index is 11.8. The lowest BCUT2D eigenvalue weighted by Crippen LogP contribution is -2.41. The van der Waals surface area contributed by atoms with E-state index in [-0.39, 0.29) is 24.3 Å². The van der Waals surface area contributed by atoms with E-state index in [0.29, 0.717) is 19.0 Å². The fraction of sp³-hybridized carbons (Fsp3) is 0.818. The summed E-state index contributed by atoms with van der Waals surface area (Å²) in [5.74, 6) is -0.196. The van der Waals surface area contributed by atoms with E-state index in [1.807, 2.05) is 6.92 Å². The average Bonchev–Trinajstić information content (AvgIpc) is 3.00. The van der Waals surface area contributed by atoms with Crippen LogP contribution in [0.2, 0.25) is 0 Å². The molecule has 0 bridgehead atoms. The maximum Gasteiger partial charge on any atom is 0.239 e. The number of carbonyl (C=O) groups excluding carboxylic acids is 2. The smallest absolute Gasteiger partial charge is 0.239 e. The fourth-order valence-electron chi connectivity index (χ4n) is 1.54. The molecule has 5 heteroatoms. The van der Waals surface area contributed by atoms with Gasteiger partial charge in [0.15, 0.2) is 0 Å². The molecule has 0 aromatic heterocycles. The van der Waals surface area contributed by atoms with Gasteiger partial charge in [0.25, 0.3) is 0 Å². The topological polar surface area (TPSA) is 75.4 Å². The largest absolute Gasteiger partial charge is 0.352 e. The monoisotopic (exact) mass is 227 g/mol. The second-order valence-electron chi connectivity index (χ2n) is 4.51. The Bertz CT molecular complexity index is 264. The highest BCUT2D eigenvalue weighted by Gasteiger charge is 2.25. The van der Waals surface area contributed by atoms with E-state index >= 15 is 0 Å². The van der Waals surface area contributed by atoms with Crippen LogP contribution in [-0.2, 0) is 9.59 Å². The Labute approximate surface area is 96.4 Å². The summed E-state index contributed by atoms with van der Waals surface area (Å²) in [6.07, 6.45) is 2.79. The van der Waals surface area contributed by atoms with E-state index in [4.69, 9.17) is 5.73 Å². The zero-order chi connectivity index (χ0) is 12.1. The predicted molar refractivity (Wildman–Crippen MR) is 61.6 cm³/mol. The Balaban J connectivity index is 2.28. The molecule has 1 atom stereocenters. The summed E-state index contributed by atoms with van der Waals surface area (Å²) in [7, 11) is 1.65. The molecule has 1 saturated carbocycles. The molecule has 0 aliphatic heterocycles. The number of carbonyl (C=O) groups is 2. The van der Waals surface area contributed by atoms with Crippen LogP contribution in [-0.4, -0.2) is 42.9 Å². The van der Waals surface area contributed by atoms with Crippen LogP contribution in [0.15, 0.2) is 0 Å². The second-order valence-corrected chi connectivity index (χ2v) is 4.51. The van der Waals surface area contributed by atoms with E-state index in [0.717, 1.165) is 12.8 Å². The van der Waals surface area contributed by atoms with E-state index < -0.39 is 0 Å². The standard InChI is InChI=1S/C11H21N3O2/c1-8(5-6-12)11(16)14(2)7-10(15)13-9-3-4-9/h8-9H,3-7,12H2,1-2H3,(H,13,15). The molecule has 0 radical (unpaired) electrons. The number of hydrogen-bond donors (Lipinski definition) is 2. The minimum atomic E-state index is -0.108. The number of nitrogens with zero attached hydrogens (tertiary/aromatic N) is 1. The molecular formula is C11H21N3O2. The van der Waals surface area contributed by atoms with Crippen molar-refractivity contribution in [3.05, 3.63) is 0 Å². The Morgan fingerprint density at radius 1 is 1.50 bits per heavy atom. The van der Waals surface area contributed by atoms with E-state index in [2.05, 4.69) is 5.32 Å². The normalized spacial score (nSPS) is 16.7. The molecule has 92 valence electrons. The highest BCUT2D eigenvalue weighted by atomic mass is 16.2. The Kier molecular flexibility index (Phi) is 4.73. The summed E-state index contributed by atoms with van der Waals surface area (Å²) < 4.78 is 0.